The van der Waals surface area contributed by atoms with E-state index < -0.39 is 5.91 Å². The van der Waals surface area contributed by atoms with Crippen LogP contribution in [0, 0.1) is 6.92 Å². The number of furan rings is 1. The van der Waals surface area contributed by atoms with E-state index in [9.17, 15) is 9.90 Å². The Morgan fingerprint density at radius 3 is 2.89 bits per heavy atom. The fourth-order valence-electron chi connectivity index (χ4n) is 1.58. The van der Waals surface area contributed by atoms with Crippen LogP contribution in [0.25, 0.3) is 0 Å². The summed E-state index contributed by atoms with van der Waals surface area (Å²) in [6.45, 7) is 1.79. The molecule has 0 aliphatic carbocycles. The highest BCUT2D eigenvalue weighted by Crippen LogP contribution is 2.31. The molecule has 2 rings (SSSR count). The van der Waals surface area contributed by atoms with Crippen LogP contribution in [0.5, 0.6) is 5.75 Å². The van der Waals surface area contributed by atoms with Crippen molar-refractivity contribution in [1.29, 1.82) is 0 Å². The fraction of sp³-hybridized carbons (Fsp3) is 0.154. The summed E-state index contributed by atoms with van der Waals surface area (Å²) < 4.78 is 5.32. The number of nitrogen functional groups attached to an aromatic ring is 1. The van der Waals surface area contributed by atoms with Crippen LogP contribution in [0.4, 0.5) is 0 Å². The first kappa shape index (κ1) is 13.5. The number of phenols is 1. The topological polar surface area (TPSA) is 88.5 Å². The Balaban J connectivity index is 2.10. The average molecular weight is 278 g/mol. The molecule has 0 bridgehead atoms. The number of nitrogens with one attached hydrogen (secondary N) is 1. The second kappa shape index (κ2) is 5.81. The van der Waals surface area contributed by atoms with Gasteiger partial charge in [0, 0.05) is 16.2 Å². The lowest BCUT2D eigenvalue weighted by molar-refractivity contribution is 0.0924. The highest BCUT2D eigenvalue weighted by Gasteiger charge is 2.13. The molecule has 100 valence electrons. The number of carbonyl (C=O) groups is 1. The van der Waals surface area contributed by atoms with Gasteiger partial charge in [-0.05, 0) is 25.1 Å². The number of aryl methyl sites for hydroxylation is 1. The Morgan fingerprint density at radius 1 is 1.47 bits per heavy atom. The van der Waals surface area contributed by atoms with Gasteiger partial charge in [-0.15, -0.1) is 11.8 Å². The zero-order valence-corrected chi connectivity index (χ0v) is 11.2. The van der Waals surface area contributed by atoms with Crippen LogP contribution in [0.3, 0.4) is 0 Å². The van der Waals surface area contributed by atoms with Gasteiger partial charge in [0.25, 0.3) is 0 Å². The van der Waals surface area contributed by atoms with Gasteiger partial charge in [0.05, 0.1) is 0 Å². The van der Waals surface area contributed by atoms with E-state index in [-0.39, 0.29) is 11.5 Å². The largest absolute Gasteiger partial charge is 0.507 e. The maximum Gasteiger partial charge on any atom is 0.300 e. The molecule has 0 saturated carbocycles. The van der Waals surface area contributed by atoms with E-state index >= 15 is 0 Å². The summed E-state index contributed by atoms with van der Waals surface area (Å²) in [4.78, 5) is 12.1. The first-order chi connectivity index (χ1) is 9.11. The predicted molar refractivity (Wildman–Crippen MR) is 72.8 cm³/mol. The van der Waals surface area contributed by atoms with E-state index in [1.807, 2.05) is 17.6 Å². The van der Waals surface area contributed by atoms with Gasteiger partial charge in [-0.2, -0.15) is 0 Å². The number of phenolic OH excluding ortho intramolecular Hbond substituents is 1. The van der Waals surface area contributed by atoms with Crippen LogP contribution < -0.4 is 11.3 Å². The van der Waals surface area contributed by atoms with Gasteiger partial charge in [0.1, 0.15) is 11.5 Å². The van der Waals surface area contributed by atoms with Crippen LogP contribution in [0.15, 0.2) is 39.6 Å². The smallest absolute Gasteiger partial charge is 0.300 e. The van der Waals surface area contributed by atoms with Crippen molar-refractivity contribution >= 4 is 17.7 Å². The normalized spacial score (nSPS) is 10.4. The Bertz CT molecular complexity index is 595. The molecule has 0 spiro atoms. The van der Waals surface area contributed by atoms with Gasteiger partial charge in [-0.25, -0.2) is 5.84 Å². The maximum atomic E-state index is 11.3. The van der Waals surface area contributed by atoms with E-state index in [4.69, 9.17) is 10.3 Å². The first-order valence-electron chi connectivity index (χ1n) is 5.63. The van der Waals surface area contributed by atoms with E-state index in [1.165, 1.54) is 11.8 Å². The number of hydrogen-bond donors (Lipinski definition) is 3. The van der Waals surface area contributed by atoms with Crippen molar-refractivity contribution in [1.82, 2.24) is 5.43 Å². The SMILES string of the molecule is Cc1oc(C(=O)NN)cc1CSc1ccccc1O. The lowest BCUT2D eigenvalue weighted by Crippen LogP contribution is -2.29. The lowest BCUT2D eigenvalue weighted by Gasteiger charge is -2.02. The Hall–Kier alpha value is -1.92. The number of hydrogen-bond acceptors (Lipinski definition) is 5. The molecule has 5 nitrogen and oxygen atoms in total. The van der Waals surface area contributed by atoms with Crippen molar-refractivity contribution < 1.29 is 14.3 Å². The summed E-state index contributed by atoms with van der Waals surface area (Å²) in [5.74, 6) is 6.30. The molecule has 0 atom stereocenters. The van der Waals surface area contributed by atoms with Gasteiger partial charge >= 0.3 is 5.91 Å². The van der Waals surface area contributed by atoms with Crippen LogP contribution in [0.2, 0.25) is 0 Å². The number of rotatable bonds is 4. The van der Waals surface area contributed by atoms with Crippen molar-refractivity contribution in [2.45, 2.75) is 17.6 Å². The van der Waals surface area contributed by atoms with Crippen molar-refractivity contribution in [2.24, 2.45) is 5.84 Å². The van der Waals surface area contributed by atoms with Crippen LogP contribution in [-0.4, -0.2) is 11.0 Å². The maximum absolute atomic E-state index is 11.3. The van der Waals surface area contributed by atoms with Crippen molar-refractivity contribution in [2.75, 3.05) is 0 Å². The standard InChI is InChI=1S/C13H14N2O3S/c1-8-9(6-11(18-8)13(17)15-14)7-19-12-5-3-2-4-10(12)16/h2-6,16H,7,14H2,1H3,(H,15,17). The third-order valence-electron chi connectivity index (χ3n) is 2.62. The molecule has 19 heavy (non-hydrogen) atoms. The number of nitrogens with two attached hydrogens (primary N) is 1. The highest BCUT2D eigenvalue weighted by atomic mass is 32.2. The number of amides is 1. The minimum absolute atomic E-state index is 0.188. The Morgan fingerprint density at radius 2 is 2.21 bits per heavy atom. The van der Waals surface area contributed by atoms with Crippen LogP contribution in [-0.2, 0) is 5.75 Å². The number of benzene rings is 1. The third kappa shape index (κ3) is 3.10. The van der Waals surface area contributed by atoms with E-state index in [0.29, 0.717) is 11.5 Å². The van der Waals surface area contributed by atoms with Crippen molar-refractivity contribution in [3.05, 3.63) is 47.4 Å². The van der Waals surface area contributed by atoms with Crippen molar-refractivity contribution in [3.63, 3.8) is 0 Å². The molecule has 0 saturated heterocycles. The van der Waals surface area contributed by atoms with E-state index in [1.54, 1.807) is 25.1 Å². The summed E-state index contributed by atoms with van der Waals surface area (Å²) in [5.41, 5.74) is 2.92. The molecule has 0 fully saturated rings. The van der Waals surface area contributed by atoms with Crippen LogP contribution in [0.1, 0.15) is 21.9 Å². The summed E-state index contributed by atoms with van der Waals surface area (Å²) in [6, 6.07) is 8.76. The number of hydrazine groups is 1. The van der Waals surface area contributed by atoms with Crippen LogP contribution >= 0.6 is 11.8 Å². The number of carbonyl (C=O) groups excluding carboxylic acids is 1. The zero-order chi connectivity index (χ0) is 13.8. The number of aromatic hydroxyl groups is 1. The molecule has 1 amide bonds. The zero-order valence-electron chi connectivity index (χ0n) is 10.3. The third-order valence-corrected chi connectivity index (χ3v) is 3.74. The monoisotopic (exact) mass is 278 g/mol. The molecule has 6 heteroatoms. The van der Waals surface area contributed by atoms with E-state index in [0.717, 1.165) is 10.5 Å². The molecule has 0 aliphatic rings. The quantitative estimate of drug-likeness (QED) is 0.345. The first-order valence-corrected chi connectivity index (χ1v) is 6.61. The Labute approximate surface area is 114 Å². The van der Waals surface area contributed by atoms with Gasteiger partial charge in [0.15, 0.2) is 5.76 Å². The fourth-order valence-corrected chi connectivity index (χ4v) is 2.57. The molecule has 2 aromatic rings. The van der Waals surface area contributed by atoms with Gasteiger partial charge in [0.2, 0.25) is 0 Å². The molecular weight excluding hydrogens is 264 g/mol. The average Bonchev–Trinajstić information content (AvgIpc) is 2.78. The second-order valence-corrected chi connectivity index (χ2v) is 4.94. The highest BCUT2D eigenvalue weighted by molar-refractivity contribution is 7.98. The minimum atomic E-state index is -0.457. The Kier molecular flexibility index (Phi) is 4.13. The predicted octanol–water partition coefficient (Wildman–Crippen LogP) is 2.19. The summed E-state index contributed by atoms with van der Waals surface area (Å²) >= 11 is 1.47. The molecule has 0 radical (unpaired) electrons. The minimum Gasteiger partial charge on any atom is -0.507 e. The molecular formula is C13H14N2O3S. The lowest BCUT2D eigenvalue weighted by atomic mass is 10.3. The molecule has 1 aromatic carbocycles. The second-order valence-electron chi connectivity index (χ2n) is 3.92. The van der Waals surface area contributed by atoms with Gasteiger partial charge < -0.3 is 9.52 Å². The van der Waals surface area contributed by atoms with Gasteiger partial charge in [-0.3, -0.25) is 10.2 Å². The number of para-hydroxylation sites is 1. The molecule has 4 N–H and O–H groups in total. The van der Waals surface area contributed by atoms with Gasteiger partial charge in [-0.1, -0.05) is 12.1 Å². The molecule has 0 unspecified atom stereocenters. The molecule has 1 heterocycles. The van der Waals surface area contributed by atoms with Crippen molar-refractivity contribution in [3.8, 4) is 5.75 Å². The summed E-state index contributed by atoms with van der Waals surface area (Å²) in [5, 5.41) is 9.66. The summed E-state index contributed by atoms with van der Waals surface area (Å²) in [7, 11) is 0. The molecule has 1 aromatic heterocycles. The number of thioether (sulfide) groups is 1. The molecule has 0 aliphatic heterocycles. The van der Waals surface area contributed by atoms with E-state index in [2.05, 4.69) is 0 Å². The summed E-state index contributed by atoms with van der Waals surface area (Å²) in [6.07, 6.45) is 0.